The first kappa shape index (κ1) is 22.9. The van der Waals surface area contributed by atoms with Gasteiger partial charge in [0.15, 0.2) is 5.16 Å². The fourth-order valence-electron chi connectivity index (χ4n) is 3.69. The van der Waals surface area contributed by atoms with Crippen molar-refractivity contribution in [2.24, 2.45) is 0 Å². The maximum Gasteiger partial charge on any atom is 0.228 e. The Bertz CT molecular complexity index is 1190. The van der Waals surface area contributed by atoms with E-state index >= 15 is 0 Å². The number of nitrogens with zero attached hydrogens (tertiary/aromatic N) is 5. The van der Waals surface area contributed by atoms with Crippen LogP contribution in [0.3, 0.4) is 0 Å². The Labute approximate surface area is 207 Å². The summed E-state index contributed by atoms with van der Waals surface area (Å²) in [6, 6.07) is 18.5. The molecule has 176 valence electrons. The largest absolute Gasteiger partial charge is 0.486 e. The second kappa shape index (κ2) is 11.0. The molecule has 0 unspecified atom stereocenters. The molecule has 4 aromatic rings. The van der Waals surface area contributed by atoms with E-state index in [1.165, 1.54) is 11.1 Å². The van der Waals surface area contributed by atoms with Crippen molar-refractivity contribution in [2.75, 3.05) is 31.2 Å². The summed E-state index contributed by atoms with van der Waals surface area (Å²) < 4.78 is 13.6. The third kappa shape index (κ3) is 5.78. The first-order valence-corrected chi connectivity index (χ1v) is 13.2. The molecule has 3 heterocycles. The van der Waals surface area contributed by atoms with E-state index in [0.717, 1.165) is 52.9 Å². The van der Waals surface area contributed by atoms with Crippen LogP contribution in [-0.2, 0) is 23.6 Å². The van der Waals surface area contributed by atoms with Gasteiger partial charge in [0, 0.05) is 24.2 Å². The number of aromatic nitrogens is 4. The minimum absolute atomic E-state index is 0.476. The fourth-order valence-corrected chi connectivity index (χ4v) is 5.32. The molecular formula is C25H27N5O2S2. The zero-order valence-corrected chi connectivity index (χ0v) is 20.7. The molecule has 0 bridgehead atoms. The first-order valence-electron chi connectivity index (χ1n) is 11.3. The molecule has 7 nitrogen and oxygen atoms in total. The normalized spacial score (nSPS) is 13.9. The summed E-state index contributed by atoms with van der Waals surface area (Å²) in [6.45, 7) is 6.36. The van der Waals surface area contributed by atoms with E-state index in [1.807, 2.05) is 18.2 Å². The number of ether oxygens (including phenoxy) is 2. The summed E-state index contributed by atoms with van der Waals surface area (Å²) in [5.41, 5.74) is 3.47. The maximum absolute atomic E-state index is 5.88. The van der Waals surface area contributed by atoms with E-state index < -0.39 is 0 Å². The summed E-state index contributed by atoms with van der Waals surface area (Å²) in [4.78, 5) is 7.01. The Kier molecular flexibility index (Phi) is 7.43. The smallest absolute Gasteiger partial charge is 0.228 e. The van der Waals surface area contributed by atoms with E-state index in [1.54, 1.807) is 23.1 Å². The van der Waals surface area contributed by atoms with Crippen molar-refractivity contribution >= 4 is 29.0 Å². The summed E-state index contributed by atoms with van der Waals surface area (Å²) in [5.74, 6) is 2.50. The molecule has 1 aliphatic heterocycles. The van der Waals surface area contributed by atoms with E-state index in [0.29, 0.717) is 19.8 Å². The third-order valence-corrected chi connectivity index (χ3v) is 7.38. The first-order chi connectivity index (χ1) is 16.7. The Hall–Kier alpha value is -2.88. The number of thioether (sulfide) groups is 1. The molecule has 0 radical (unpaired) electrons. The van der Waals surface area contributed by atoms with E-state index in [-0.39, 0.29) is 0 Å². The lowest BCUT2D eigenvalue weighted by Crippen LogP contribution is -2.38. The summed E-state index contributed by atoms with van der Waals surface area (Å²) in [5, 5.41) is 13.1. The number of benzene rings is 2. The molecule has 1 aliphatic rings. The van der Waals surface area contributed by atoms with Crippen LogP contribution in [0, 0.1) is 6.92 Å². The highest BCUT2D eigenvalue weighted by atomic mass is 32.2. The highest BCUT2D eigenvalue weighted by Crippen LogP contribution is 2.27. The number of rotatable bonds is 9. The number of anilines is 1. The number of morpholine rings is 1. The average molecular weight is 494 g/mol. The van der Waals surface area contributed by atoms with E-state index in [4.69, 9.17) is 14.5 Å². The molecule has 0 N–H and O–H groups in total. The van der Waals surface area contributed by atoms with Crippen LogP contribution in [0.25, 0.3) is 0 Å². The molecule has 2 aromatic carbocycles. The zero-order chi connectivity index (χ0) is 23.2. The van der Waals surface area contributed by atoms with Gasteiger partial charge in [-0.1, -0.05) is 59.8 Å². The van der Waals surface area contributed by atoms with Crippen molar-refractivity contribution in [3.05, 3.63) is 81.8 Å². The van der Waals surface area contributed by atoms with Crippen LogP contribution < -0.4 is 9.64 Å². The summed E-state index contributed by atoms with van der Waals surface area (Å²) in [6.07, 6.45) is 0. The maximum atomic E-state index is 5.88. The lowest BCUT2D eigenvalue weighted by atomic mass is 10.2. The Morgan fingerprint density at radius 3 is 2.62 bits per heavy atom. The average Bonchev–Trinajstić information content (AvgIpc) is 3.50. The number of hydrogen-bond donors (Lipinski definition) is 0. The van der Waals surface area contributed by atoms with Crippen molar-refractivity contribution < 1.29 is 9.47 Å². The fraction of sp³-hybridized carbons (Fsp3) is 0.320. The lowest BCUT2D eigenvalue weighted by Gasteiger charge is -2.28. The lowest BCUT2D eigenvalue weighted by molar-refractivity contribution is 0.121. The van der Waals surface area contributed by atoms with Gasteiger partial charge in [-0.15, -0.1) is 21.5 Å². The molecule has 1 saturated heterocycles. The highest BCUT2D eigenvalue weighted by molar-refractivity contribution is 7.98. The topological polar surface area (TPSA) is 65.3 Å². The van der Waals surface area contributed by atoms with Crippen LogP contribution in [0.15, 0.2) is 65.1 Å². The molecule has 5 rings (SSSR count). The molecule has 0 amide bonds. The number of thiazole rings is 1. The SMILES string of the molecule is Cc1ccc(OCc2nc(CSc3nnc(N4CCOCC4)n3Cc3ccccc3)cs2)cc1. The van der Waals surface area contributed by atoms with Crippen LogP contribution in [0.2, 0.25) is 0 Å². The molecule has 0 saturated carbocycles. The van der Waals surface area contributed by atoms with Crippen molar-refractivity contribution in [3.63, 3.8) is 0 Å². The Morgan fingerprint density at radius 1 is 1.03 bits per heavy atom. The Morgan fingerprint density at radius 2 is 1.82 bits per heavy atom. The van der Waals surface area contributed by atoms with Gasteiger partial charge in [0.25, 0.3) is 0 Å². The number of aryl methyl sites for hydroxylation is 1. The monoisotopic (exact) mass is 493 g/mol. The molecule has 34 heavy (non-hydrogen) atoms. The van der Waals surface area contributed by atoms with Gasteiger partial charge in [-0.05, 0) is 24.6 Å². The quantitative estimate of drug-likeness (QED) is 0.310. The molecule has 9 heteroatoms. The van der Waals surface area contributed by atoms with Crippen molar-refractivity contribution in [2.45, 2.75) is 31.0 Å². The van der Waals surface area contributed by atoms with Gasteiger partial charge >= 0.3 is 0 Å². The number of hydrogen-bond acceptors (Lipinski definition) is 8. The second-order valence-corrected chi connectivity index (χ2v) is 9.96. The van der Waals surface area contributed by atoms with Gasteiger partial charge in [0.1, 0.15) is 17.4 Å². The van der Waals surface area contributed by atoms with Crippen LogP contribution in [-0.4, -0.2) is 46.1 Å². The van der Waals surface area contributed by atoms with Gasteiger partial charge in [-0.25, -0.2) is 4.98 Å². The molecule has 0 atom stereocenters. The van der Waals surface area contributed by atoms with Crippen LogP contribution in [0.4, 0.5) is 5.95 Å². The summed E-state index contributed by atoms with van der Waals surface area (Å²) >= 11 is 3.30. The van der Waals surface area contributed by atoms with E-state index in [9.17, 15) is 0 Å². The van der Waals surface area contributed by atoms with Crippen LogP contribution >= 0.6 is 23.1 Å². The predicted octanol–water partition coefficient (Wildman–Crippen LogP) is 4.80. The molecule has 0 aliphatic carbocycles. The van der Waals surface area contributed by atoms with Crippen molar-refractivity contribution in [1.82, 2.24) is 19.7 Å². The highest BCUT2D eigenvalue weighted by Gasteiger charge is 2.21. The molecule has 1 fully saturated rings. The van der Waals surface area contributed by atoms with Gasteiger partial charge < -0.3 is 14.4 Å². The van der Waals surface area contributed by atoms with Crippen LogP contribution in [0.1, 0.15) is 21.8 Å². The molecule has 2 aromatic heterocycles. The minimum Gasteiger partial charge on any atom is -0.486 e. The molecular weight excluding hydrogens is 466 g/mol. The predicted molar refractivity (Wildman–Crippen MR) is 136 cm³/mol. The minimum atomic E-state index is 0.476. The van der Waals surface area contributed by atoms with E-state index in [2.05, 4.69) is 68.4 Å². The summed E-state index contributed by atoms with van der Waals surface area (Å²) in [7, 11) is 0. The van der Waals surface area contributed by atoms with Gasteiger partial charge in [0.05, 0.1) is 25.5 Å². The van der Waals surface area contributed by atoms with Gasteiger partial charge in [0.2, 0.25) is 5.95 Å². The van der Waals surface area contributed by atoms with Crippen molar-refractivity contribution in [1.29, 1.82) is 0 Å². The Balaban J connectivity index is 1.25. The third-order valence-electron chi connectivity index (χ3n) is 5.51. The van der Waals surface area contributed by atoms with Crippen molar-refractivity contribution in [3.8, 4) is 5.75 Å². The van der Waals surface area contributed by atoms with Gasteiger partial charge in [-0.3, -0.25) is 4.57 Å². The standard InChI is InChI=1S/C25H27N5O2S2/c1-19-7-9-22(10-8-19)32-16-23-26-21(17-33-23)18-34-25-28-27-24(29-11-13-31-14-12-29)30(25)15-20-5-3-2-4-6-20/h2-10,17H,11-16,18H2,1H3. The van der Waals surface area contributed by atoms with Gasteiger partial charge in [-0.2, -0.15) is 0 Å². The second-order valence-electron chi connectivity index (χ2n) is 8.08. The van der Waals surface area contributed by atoms with Crippen LogP contribution in [0.5, 0.6) is 5.75 Å². The molecule has 0 spiro atoms. The zero-order valence-electron chi connectivity index (χ0n) is 19.1.